The van der Waals surface area contributed by atoms with Crippen LogP contribution in [0.2, 0.25) is 0 Å². The molecule has 0 bridgehead atoms. The van der Waals surface area contributed by atoms with Gasteiger partial charge in [-0.1, -0.05) is 12.8 Å². The molecule has 1 aromatic rings. The van der Waals surface area contributed by atoms with E-state index in [4.69, 9.17) is 4.42 Å². The van der Waals surface area contributed by atoms with Gasteiger partial charge in [-0.3, -0.25) is 9.89 Å². The largest absolute Gasteiger partial charge is 0.444 e. The molecular formula is C17H29N5O. The van der Waals surface area contributed by atoms with E-state index >= 15 is 0 Å². The molecule has 1 aliphatic heterocycles. The molecule has 2 heterocycles. The van der Waals surface area contributed by atoms with Gasteiger partial charge in [0.05, 0.1) is 12.2 Å². The van der Waals surface area contributed by atoms with E-state index in [0.717, 1.165) is 30.0 Å². The van der Waals surface area contributed by atoms with Crippen molar-refractivity contribution in [3.63, 3.8) is 0 Å². The molecule has 1 saturated heterocycles. The quantitative estimate of drug-likeness (QED) is 0.656. The van der Waals surface area contributed by atoms with Crippen LogP contribution in [0.1, 0.15) is 49.4 Å². The number of hydrogen-bond donors (Lipinski definition) is 2. The van der Waals surface area contributed by atoms with E-state index in [-0.39, 0.29) is 0 Å². The first-order valence-corrected chi connectivity index (χ1v) is 8.80. The Bertz CT molecular complexity index is 528. The number of hydrogen-bond acceptors (Lipinski definition) is 4. The van der Waals surface area contributed by atoms with Crippen LogP contribution in [-0.4, -0.2) is 48.1 Å². The number of nitrogens with zero attached hydrogens (tertiary/aromatic N) is 3. The Morgan fingerprint density at radius 3 is 2.74 bits per heavy atom. The van der Waals surface area contributed by atoms with Crippen LogP contribution in [0, 0.1) is 13.8 Å². The van der Waals surface area contributed by atoms with Gasteiger partial charge in [-0.05, 0) is 33.1 Å². The lowest BCUT2D eigenvalue weighted by molar-refractivity contribution is 0.242. The topological polar surface area (TPSA) is 65.7 Å². The molecule has 1 unspecified atom stereocenters. The molecule has 1 atom stereocenters. The number of rotatable bonds is 4. The molecule has 0 spiro atoms. The first-order chi connectivity index (χ1) is 11.2. The van der Waals surface area contributed by atoms with Crippen LogP contribution in [0.5, 0.6) is 0 Å². The minimum Gasteiger partial charge on any atom is -0.444 e. The molecule has 2 N–H and O–H groups in total. The van der Waals surface area contributed by atoms with Crippen LogP contribution in [0.15, 0.2) is 9.41 Å². The number of likely N-dealkylation sites (tertiary alicyclic amines) is 1. The Kier molecular flexibility index (Phi) is 5.20. The van der Waals surface area contributed by atoms with E-state index in [9.17, 15) is 0 Å². The maximum absolute atomic E-state index is 5.60. The molecule has 6 nitrogen and oxygen atoms in total. The van der Waals surface area contributed by atoms with Gasteiger partial charge in [-0.2, -0.15) is 0 Å². The monoisotopic (exact) mass is 319 g/mol. The maximum Gasteiger partial charge on any atom is 0.214 e. The lowest BCUT2D eigenvalue weighted by Gasteiger charge is -2.24. The van der Waals surface area contributed by atoms with Crippen LogP contribution in [0.3, 0.4) is 0 Å². The summed E-state index contributed by atoms with van der Waals surface area (Å²) in [6, 6.07) is 1.30. The third kappa shape index (κ3) is 4.05. The fraction of sp³-hybridized carbons (Fsp3) is 0.765. The van der Waals surface area contributed by atoms with Crippen LogP contribution in [0.4, 0.5) is 0 Å². The van der Waals surface area contributed by atoms with E-state index in [0.29, 0.717) is 18.5 Å². The minimum absolute atomic E-state index is 0.481. The fourth-order valence-corrected chi connectivity index (χ4v) is 3.67. The highest BCUT2D eigenvalue weighted by Crippen LogP contribution is 2.26. The average molecular weight is 319 g/mol. The molecule has 0 radical (unpaired) electrons. The van der Waals surface area contributed by atoms with Crippen molar-refractivity contribution in [1.29, 1.82) is 0 Å². The van der Waals surface area contributed by atoms with Gasteiger partial charge in [0.15, 0.2) is 5.96 Å². The average Bonchev–Trinajstić information content (AvgIpc) is 3.26. The highest BCUT2D eigenvalue weighted by Gasteiger charge is 2.30. The van der Waals surface area contributed by atoms with Crippen molar-refractivity contribution < 1.29 is 4.42 Å². The highest BCUT2D eigenvalue weighted by molar-refractivity contribution is 5.79. The predicted octanol–water partition coefficient (Wildman–Crippen LogP) is 1.97. The third-order valence-corrected chi connectivity index (χ3v) is 5.11. The van der Waals surface area contributed by atoms with Crippen molar-refractivity contribution in [1.82, 2.24) is 20.5 Å². The molecule has 0 amide bonds. The summed E-state index contributed by atoms with van der Waals surface area (Å²) >= 11 is 0. The van der Waals surface area contributed by atoms with E-state index in [1.165, 1.54) is 38.6 Å². The molecule has 23 heavy (non-hydrogen) atoms. The Morgan fingerprint density at radius 1 is 1.30 bits per heavy atom. The Labute approximate surface area is 138 Å². The highest BCUT2D eigenvalue weighted by atomic mass is 16.4. The Hall–Kier alpha value is -1.56. The SMILES string of the molecule is CN=C(NCc1nc(C)c(C)o1)NC1CCN(C2CCCC2)C1. The van der Waals surface area contributed by atoms with Crippen molar-refractivity contribution in [2.24, 2.45) is 4.99 Å². The molecule has 1 aromatic heterocycles. The van der Waals surface area contributed by atoms with Gasteiger partial charge < -0.3 is 15.1 Å². The minimum atomic E-state index is 0.481. The van der Waals surface area contributed by atoms with E-state index in [2.05, 4.69) is 25.5 Å². The van der Waals surface area contributed by atoms with Crippen LogP contribution < -0.4 is 10.6 Å². The van der Waals surface area contributed by atoms with Crippen molar-refractivity contribution >= 4 is 5.96 Å². The first-order valence-electron chi connectivity index (χ1n) is 8.80. The number of aryl methyl sites for hydroxylation is 2. The maximum atomic E-state index is 5.60. The fourth-order valence-electron chi connectivity index (χ4n) is 3.67. The summed E-state index contributed by atoms with van der Waals surface area (Å²) in [6.45, 7) is 6.80. The van der Waals surface area contributed by atoms with E-state index < -0.39 is 0 Å². The lowest BCUT2D eigenvalue weighted by Crippen LogP contribution is -2.45. The van der Waals surface area contributed by atoms with Crippen LogP contribution in [-0.2, 0) is 6.54 Å². The summed E-state index contributed by atoms with van der Waals surface area (Å²) in [5.41, 5.74) is 0.952. The van der Waals surface area contributed by atoms with Gasteiger partial charge in [0.2, 0.25) is 5.89 Å². The summed E-state index contributed by atoms with van der Waals surface area (Å²) in [5, 5.41) is 6.84. The number of oxazole rings is 1. The molecule has 2 aliphatic rings. The van der Waals surface area contributed by atoms with Crippen LogP contribution in [0.25, 0.3) is 0 Å². The molecule has 1 aliphatic carbocycles. The summed E-state index contributed by atoms with van der Waals surface area (Å²) in [4.78, 5) is 11.4. The molecule has 3 rings (SSSR count). The summed E-state index contributed by atoms with van der Waals surface area (Å²) in [6.07, 6.45) is 6.74. The summed E-state index contributed by atoms with van der Waals surface area (Å²) in [5.74, 6) is 2.42. The summed E-state index contributed by atoms with van der Waals surface area (Å²) < 4.78 is 5.60. The van der Waals surface area contributed by atoms with Crippen molar-refractivity contribution in [2.45, 2.75) is 64.6 Å². The van der Waals surface area contributed by atoms with E-state index in [1.807, 2.05) is 20.9 Å². The second-order valence-electron chi connectivity index (χ2n) is 6.74. The Morgan fingerprint density at radius 2 is 2.09 bits per heavy atom. The van der Waals surface area contributed by atoms with Gasteiger partial charge in [0, 0.05) is 32.2 Å². The van der Waals surface area contributed by atoms with Gasteiger partial charge >= 0.3 is 0 Å². The molecule has 2 fully saturated rings. The zero-order chi connectivity index (χ0) is 16.2. The first kappa shape index (κ1) is 16.3. The normalized spacial score (nSPS) is 23.6. The van der Waals surface area contributed by atoms with Gasteiger partial charge in [0.1, 0.15) is 5.76 Å². The number of guanidine groups is 1. The smallest absolute Gasteiger partial charge is 0.214 e. The van der Waals surface area contributed by atoms with Crippen LogP contribution >= 0.6 is 0 Å². The second-order valence-corrected chi connectivity index (χ2v) is 6.74. The zero-order valence-electron chi connectivity index (χ0n) is 14.6. The predicted molar refractivity (Wildman–Crippen MR) is 91.5 cm³/mol. The molecule has 0 aromatic carbocycles. The molecule has 128 valence electrons. The number of nitrogens with one attached hydrogen (secondary N) is 2. The Balaban J connectivity index is 1.46. The molecular weight excluding hydrogens is 290 g/mol. The number of aliphatic imine (C=N–C) groups is 1. The standard InChI is InChI=1S/C17H29N5O/c1-12-13(2)23-16(20-12)10-19-17(18-3)21-14-8-9-22(11-14)15-6-4-5-7-15/h14-15H,4-11H2,1-3H3,(H2,18,19,21). The van der Waals surface area contributed by atoms with Gasteiger partial charge in [0.25, 0.3) is 0 Å². The van der Waals surface area contributed by atoms with Crippen molar-refractivity contribution in [3.8, 4) is 0 Å². The molecule has 6 heteroatoms. The second kappa shape index (κ2) is 7.34. The van der Waals surface area contributed by atoms with Crippen molar-refractivity contribution in [3.05, 3.63) is 17.3 Å². The lowest BCUT2D eigenvalue weighted by atomic mass is 10.2. The van der Waals surface area contributed by atoms with Crippen molar-refractivity contribution in [2.75, 3.05) is 20.1 Å². The molecule has 1 saturated carbocycles. The third-order valence-electron chi connectivity index (χ3n) is 5.11. The zero-order valence-corrected chi connectivity index (χ0v) is 14.6. The number of aromatic nitrogens is 1. The summed E-state index contributed by atoms with van der Waals surface area (Å²) in [7, 11) is 1.81. The van der Waals surface area contributed by atoms with Gasteiger partial charge in [-0.15, -0.1) is 0 Å². The van der Waals surface area contributed by atoms with Gasteiger partial charge in [-0.25, -0.2) is 4.98 Å². The van der Waals surface area contributed by atoms with E-state index in [1.54, 1.807) is 0 Å².